The lowest BCUT2D eigenvalue weighted by Gasteiger charge is -2.19. The Kier molecular flexibility index (Phi) is 4.60. The molecule has 20 heavy (non-hydrogen) atoms. The fraction of sp³-hybridized carbons (Fsp3) is 0.200. The van der Waals surface area contributed by atoms with Gasteiger partial charge in [0.1, 0.15) is 0 Å². The minimum absolute atomic E-state index is 0.425. The van der Waals surface area contributed by atoms with E-state index < -0.39 is 11.6 Å². The number of anilines is 2. The lowest BCUT2D eigenvalue weighted by Crippen LogP contribution is -2.12. The van der Waals surface area contributed by atoms with Gasteiger partial charge < -0.3 is 10.2 Å². The molecule has 0 spiro atoms. The first-order chi connectivity index (χ1) is 9.47. The van der Waals surface area contributed by atoms with Gasteiger partial charge >= 0.3 is 0 Å². The van der Waals surface area contributed by atoms with E-state index in [4.69, 9.17) is 0 Å². The fourth-order valence-electron chi connectivity index (χ4n) is 1.89. The SMILES string of the molecule is CN(C)c1ccc(Br)cc1NCc1ccc(F)c(F)c1. The number of hydrogen-bond acceptors (Lipinski definition) is 2. The Hall–Kier alpha value is -1.62. The van der Waals surface area contributed by atoms with Crippen molar-refractivity contribution in [1.82, 2.24) is 0 Å². The van der Waals surface area contributed by atoms with Gasteiger partial charge in [-0.25, -0.2) is 8.78 Å². The molecule has 0 bridgehead atoms. The number of halogens is 3. The molecule has 5 heteroatoms. The third-order valence-corrected chi connectivity index (χ3v) is 3.40. The lowest BCUT2D eigenvalue weighted by molar-refractivity contribution is 0.507. The maximum atomic E-state index is 13.2. The van der Waals surface area contributed by atoms with Gasteiger partial charge in [0.2, 0.25) is 0 Å². The maximum Gasteiger partial charge on any atom is 0.159 e. The van der Waals surface area contributed by atoms with Gasteiger partial charge in [0.05, 0.1) is 11.4 Å². The second-order valence-electron chi connectivity index (χ2n) is 4.66. The van der Waals surface area contributed by atoms with E-state index in [1.807, 2.05) is 37.2 Å². The van der Waals surface area contributed by atoms with Crippen LogP contribution in [-0.4, -0.2) is 14.1 Å². The summed E-state index contributed by atoms with van der Waals surface area (Å²) in [7, 11) is 3.90. The molecule has 0 unspecified atom stereocenters. The third kappa shape index (κ3) is 3.48. The van der Waals surface area contributed by atoms with Crippen LogP contribution in [-0.2, 0) is 6.54 Å². The molecule has 2 rings (SSSR count). The number of nitrogens with one attached hydrogen (secondary N) is 1. The molecule has 0 aromatic heterocycles. The van der Waals surface area contributed by atoms with Gasteiger partial charge in [-0.1, -0.05) is 22.0 Å². The van der Waals surface area contributed by atoms with Crippen molar-refractivity contribution in [1.29, 1.82) is 0 Å². The second kappa shape index (κ2) is 6.22. The van der Waals surface area contributed by atoms with E-state index in [0.717, 1.165) is 21.9 Å². The Morgan fingerprint density at radius 2 is 1.80 bits per heavy atom. The Morgan fingerprint density at radius 3 is 2.45 bits per heavy atom. The Morgan fingerprint density at radius 1 is 1.05 bits per heavy atom. The van der Waals surface area contributed by atoms with Crippen LogP contribution in [0.15, 0.2) is 40.9 Å². The molecule has 1 N–H and O–H groups in total. The summed E-state index contributed by atoms with van der Waals surface area (Å²) in [5, 5.41) is 3.24. The molecule has 0 aliphatic rings. The van der Waals surface area contributed by atoms with Crippen molar-refractivity contribution in [3.05, 3.63) is 58.1 Å². The van der Waals surface area contributed by atoms with Crippen molar-refractivity contribution >= 4 is 27.3 Å². The fourth-order valence-corrected chi connectivity index (χ4v) is 2.25. The zero-order valence-electron chi connectivity index (χ0n) is 11.3. The molecule has 0 radical (unpaired) electrons. The largest absolute Gasteiger partial charge is 0.379 e. The smallest absolute Gasteiger partial charge is 0.159 e. The molecule has 106 valence electrons. The van der Waals surface area contributed by atoms with Crippen LogP contribution in [0.25, 0.3) is 0 Å². The summed E-state index contributed by atoms with van der Waals surface area (Å²) >= 11 is 3.42. The van der Waals surface area contributed by atoms with Crippen LogP contribution in [0.4, 0.5) is 20.2 Å². The quantitative estimate of drug-likeness (QED) is 0.886. The van der Waals surface area contributed by atoms with Crippen molar-refractivity contribution in [2.75, 3.05) is 24.3 Å². The summed E-state index contributed by atoms with van der Waals surface area (Å²) in [6.07, 6.45) is 0. The highest BCUT2D eigenvalue weighted by molar-refractivity contribution is 9.10. The Bertz CT molecular complexity index is 615. The molecule has 2 aromatic carbocycles. The van der Waals surface area contributed by atoms with E-state index in [2.05, 4.69) is 21.2 Å². The molecule has 0 heterocycles. The average Bonchev–Trinajstić information content (AvgIpc) is 2.40. The predicted octanol–water partition coefficient (Wildman–Crippen LogP) is 4.41. The molecule has 0 saturated heterocycles. The summed E-state index contributed by atoms with van der Waals surface area (Å²) in [5.41, 5.74) is 2.64. The summed E-state index contributed by atoms with van der Waals surface area (Å²) in [6.45, 7) is 0.425. The van der Waals surface area contributed by atoms with Crippen LogP contribution < -0.4 is 10.2 Å². The molecular weight excluding hydrogens is 326 g/mol. The number of benzene rings is 2. The van der Waals surface area contributed by atoms with Crippen molar-refractivity contribution < 1.29 is 8.78 Å². The van der Waals surface area contributed by atoms with Crippen molar-refractivity contribution in [2.24, 2.45) is 0 Å². The first-order valence-corrected chi connectivity index (χ1v) is 6.91. The summed E-state index contributed by atoms with van der Waals surface area (Å²) in [4.78, 5) is 1.99. The molecule has 0 atom stereocenters. The molecule has 0 amide bonds. The van der Waals surface area contributed by atoms with Gasteiger partial charge in [0.25, 0.3) is 0 Å². The monoisotopic (exact) mass is 340 g/mol. The maximum absolute atomic E-state index is 13.2. The van der Waals surface area contributed by atoms with E-state index in [-0.39, 0.29) is 0 Å². The van der Waals surface area contributed by atoms with Crippen molar-refractivity contribution in [2.45, 2.75) is 6.54 Å². The Balaban J connectivity index is 2.17. The highest BCUT2D eigenvalue weighted by Crippen LogP contribution is 2.28. The predicted molar refractivity (Wildman–Crippen MR) is 82.2 cm³/mol. The lowest BCUT2D eigenvalue weighted by atomic mass is 10.2. The summed E-state index contributed by atoms with van der Waals surface area (Å²) in [6, 6.07) is 9.81. The molecule has 0 fully saturated rings. The molecule has 2 aromatic rings. The number of rotatable bonds is 4. The third-order valence-electron chi connectivity index (χ3n) is 2.91. The number of nitrogens with zero attached hydrogens (tertiary/aromatic N) is 1. The summed E-state index contributed by atoms with van der Waals surface area (Å²) in [5.74, 6) is -1.66. The minimum Gasteiger partial charge on any atom is -0.379 e. The van der Waals surface area contributed by atoms with Crippen LogP contribution >= 0.6 is 15.9 Å². The zero-order chi connectivity index (χ0) is 14.7. The Labute approximate surface area is 125 Å². The van der Waals surface area contributed by atoms with Crippen LogP contribution in [0.3, 0.4) is 0 Å². The second-order valence-corrected chi connectivity index (χ2v) is 5.57. The first kappa shape index (κ1) is 14.8. The highest BCUT2D eigenvalue weighted by Gasteiger charge is 2.06. The van der Waals surface area contributed by atoms with Crippen molar-refractivity contribution in [3.8, 4) is 0 Å². The van der Waals surface area contributed by atoms with E-state index in [1.54, 1.807) is 6.07 Å². The first-order valence-electron chi connectivity index (χ1n) is 6.12. The van der Waals surface area contributed by atoms with Crippen LogP contribution in [0.1, 0.15) is 5.56 Å². The molecule has 0 saturated carbocycles. The van der Waals surface area contributed by atoms with Gasteiger partial charge in [-0.3, -0.25) is 0 Å². The van der Waals surface area contributed by atoms with Gasteiger partial charge in [-0.2, -0.15) is 0 Å². The van der Waals surface area contributed by atoms with Crippen molar-refractivity contribution in [3.63, 3.8) is 0 Å². The molecule has 2 nitrogen and oxygen atoms in total. The standard InChI is InChI=1S/C15H15BrF2N2/c1-20(2)15-6-4-11(16)8-14(15)19-9-10-3-5-12(17)13(18)7-10/h3-8,19H,9H2,1-2H3. The topological polar surface area (TPSA) is 15.3 Å². The van der Waals surface area contributed by atoms with Gasteiger partial charge in [-0.05, 0) is 35.9 Å². The van der Waals surface area contributed by atoms with Gasteiger partial charge in [0, 0.05) is 25.1 Å². The minimum atomic E-state index is -0.829. The van der Waals surface area contributed by atoms with Crippen LogP contribution in [0.2, 0.25) is 0 Å². The highest BCUT2D eigenvalue weighted by atomic mass is 79.9. The molecule has 0 aliphatic heterocycles. The van der Waals surface area contributed by atoms with E-state index >= 15 is 0 Å². The normalized spacial score (nSPS) is 10.4. The summed E-state index contributed by atoms with van der Waals surface area (Å²) < 4.78 is 27.0. The number of hydrogen-bond donors (Lipinski definition) is 1. The molecular formula is C15H15BrF2N2. The van der Waals surface area contributed by atoms with E-state index in [0.29, 0.717) is 12.1 Å². The van der Waals surface area contributed by atoms with Crippen LogP contribution in [0.5, 0.6) is 0 Å². The average molecular weight is 341 g/mol. The molecule has 0 aliphatic carbocycles. The van der Waals surface area contributed by atoms with E-state index in [9.17, 15) is 8.78 Å². The van der Waals surface area contributed by atoms with E-state index in [1.165, 1.54) is 6.07 Å². The zero-order valence-corrected chi connectivity index (χ0v) is 12.8. The van der Waals surface area contributed by atoms with Crippen LogP contribution in [0, 0.1) is 11.6 Å². The van der Waals surface area contributed by atoms with Gasteiger partial charge in [0.15, 0.2) is 11.6 Å². The van der Waals surface area contributed by atoms with Gasteiger partial charge in [-0.15, -0.1) is 0 Å².